The highest BCUT2D eigenvalue weighted by molar-refractivity contribution is 8.00. The summed E-state index contributed by atoms with van der Waals surface area (Å²) in [6.07, 6.45) is 5.42. The Balaban J connectivity index is 2.69. The van der Waals surface area contributed by atoms with E-state index >= 15 is 0 Å². The minimum absolute atomic E-state index is 0.260. The molecule has 1 saturated carbocycles. The average molecular weight is 220 g/mol. The summed E-state index contributed by atoms with van der Waals surface area (Å²) >= 11 is 3.71. The van der Waals surface area contributed by atoms with E-state index in [0.717, 1.165) is 0 Å². The van der Waals surface area contributed by atoms with Crippen LogP contribution in [0, 0.1) is 5.92 Å². The zero-order chi connectivity index (χ0) is 10.0. The first-order valence-corrected chi connectivity index (χ1v) is 7.26. The van der Waals surface area contributed by atoms with E-state index in [1.807, 2.05) is 23.5 Å². The molecule has 0 radical (unpaired) electrons. The molecule has 0 aromatic carbocycles. The van der Waals surface area contributed by atoms with Crippen LogP contribution in [0.4, 0.5) is 0 Å². The van der Waals surface area contributed by atoms with Crippen molar-refractivity contribution in [3.05, 3.63) is 0 Å². The van der Waals surface area contributed by atoms with Crippen molar-refractivity contribution < 1.29 is 0 Å². The van der Waals surface area contributed by atoms with Crippen LogP contribution in [0.25, 0.3) is 0 Å². The summed E-state index contributed by atoms with van der Waals surface area (Å²) in [5, 5.41) is 1.02. The average Bonchev–Trinajstić information content (AvgIpc) is 2.12. The summed E-state index contributed by atoms with van der Waals surface area (Å²) in [6.45, 7) is 2.24. The van der Waals surface area contributed by atoms with Crippen LogP contribution in [0.1, 0.15) is 13.3 Å². The maximum atomic E-state index is 6.18. The molecule has 1 fully saturated rings. The van der Waals surface area contributed by atoms with Crippen LogP contribution < -0.4 is 11.5 Å². The van der Waals surface area contributed by atoms with Crippen LogP contribution >= 0.6 is 23.5 Å². The SMILES string of the molecule is CSC1CC(C)C(N)C(SC)C1N. The molecular weight excluding hydrogens is 200 g/mol. The fraction of sp³-hybridized carbons (Fsp3) is 1.00. The molecule has 0 spiro atoms. The van der Waals surface area contributed by atoms with E-state index in [0.29, 0.717) is 16.4 Å². The van der Waals surface area contributed by atoms with Gasteiger partial charge in [-0.3, -0.25) is 0 Å². The van der Waals surface area contributed by atoms with Gasteiger partial charge in [-0.05, 0) is 24.9 Å². The maximum Gasteiger partial charge on any atom is 0.0360 e. The van der Waals surface area contributed by atoms with Gasteiger partial charge in [-0.2, -0.15) is 23.5 Å². The predicted molar refractivity (Wildman–Crippen MR) is 64.3 cm³/mol. The molecule has 0 saturated heterocycles. The molecule has 4 N–H and O–H groups in total. The van der Waals surface area contributed by atoms with Crippen molar-refractivity contribution in [1.29, 1.82) is 0 Å². The molecule has 0 aliphatic heterocycles. The van der Waals surface area contributed by atoms with Gasteiger partial charge in [0.2, 0.25) is 0 Å². The second-order valence-electron chi connectivity index (χ2n) is 3.84. The molecule has 0 amide bonds. The summed E-state index contributed by atoms with van der Waals surface area (Å²) in [5.41, 5.74) is 12.3. The van der Waals surface area contributed by atoms with Gasteiger partial charge in [0.05, 0.1) is 0 Å². The molecule has 78 valence electrons. The van der Waals surface area contributed by atoms with Crippen molar-refractivity contribution in [2.45, 2.75) is 35.9 Å². The monoisotopic (exact) mass is 220 g/mol. The summed E-state index contributed by atoms with van der Waals surface area (Å²) in [4.78, 5) is 0. The van der Waals surface area contributed by atoms with Gasteiger partial charge in [-0.25, -0.2) is 0 Å². The molecular formula is C9H20N2S2. The second-order valence-corrected chi connectivity index (χ2v) is 5.93. The third-order valence-corrected chi connectivity index (χ3v) is 5.31. The third-order valence-electron chi connectivity index (χ3n) is 3.02. The van der Waals surface area contributed by atoms with Crippen molar-refractivity contribution in [1.82, 2.24) is 0 Å². The zero-order valence-electron chi connectivity index (χ0n) is 8.57. The van der Waals surface area contributed by atoms with Crippen LogP contribution in [0.15, 0.2) is 0 Å². The minimum Gasteiger partial charge on any atom is -0.326 e. The molecule has 5 atom stereocenters. The first-order chi connectivity index (χ1) is 6.11. The normalized spacial score (nSPS) is 46.4. The van der Waals surface area contributed by atoms with Gasteiger partial charge >= 0.3 is 0 Å². The minimum atomic E-state index is 0.260. The molecule has 1 rings (SSSR count). The molecule has 5 unspecified atom stereocenters. The van der Waals surface area contributed by atoms with Crippen molar-refractivity contribution in [3.63, 3.8) is 0 Å². The molecule has 1 aliphatic rings. The molecule has 0 aromatic rings. The Bertz CT molecular complexity index is 166. The fourth-order valence-electron chi connectivity index (χ4n) is 2.04. The van der Waals surface area contributed by atoms with Crippen LogP contribution in [-0.4, -0.2) is 35.1 Å². The Hall–Kier alpha value is 0.620. The zero-order valence-corrected chi connectivity index (χ0v) is 10.2. The third kappa shape index (κ3) is 2.35. The number of hydrogen-bond donors (Lipinski definition) is 2. The lowest BCUT2D eigenvalue weighted by Crippen LogP contribution is -2.57. The van der Waals surface area contributed by atoms with Gasteiger partial charge in [-0.1, -0.05) is 6.92 Å². The lowest BCUT2D eigenvalue weighted by atomic mass is 9.83. The number of rotatable bonds is 2. The highest BCUT2D eigenvalue weighted by Crippen LogP contribution is 2.34. The largest absolute Gasteiger partial charge is 0.326 e. The van der Waals surface area contributed by atoms with Crippen molar-refractivity contribution in [3.8, 4) is 0 Å². The number of thioether (sulfide) groups is 2. The standard InChI is InChI=1S/C9H20N2S2/c1-5-4-6(12-2)8(11)9(13-3)7(5)10/h5-9H,4,10-11H2,1-3H3. The highest BCUT2D eigenvalue weighted by atomic mass is 32.2. The van der Waals surface area contributed by atoms with Gasteiger partial charge in [0.15, 0.2) is 0 Å². The van der Waals surface area contributed by atoms with Crippen LogP contribution in [0.5, 0.6) is 0 Å². The van der Waals surface area contributed by atoms with Crippen LogP contribution in [0.3, 0.4) is 0 Å². The molecule has 13 heavy (non-hydrogen) atoms. The summed E-state index contributed by atoms with van der Waals surface area (Å²) in [6, 6.07) is 0.532. The summed E-state index contributed by atoms with van der Waals surface area (Å²) in [5.74, 6) is 0.606. The van der Waals surface area contributed by atoms with E-state index in [9.17, 15) is 0 Å². The van der Waals surface area contributed by atoms with Crippen LogP contribution in [0.2, 0.25) is 0 Å². The quantitative estimate of drug-likeness (QED) is 0.733. The van der Waals surface area contributed by atoms with Crippen molar-refractivity contribution in [2.75, 3.05) is 12.5 Å². The fourth-order valence-corrected chi connectivity index (χ4v) is 4.21. The van der Waals surface area contributed by atoms with E-state index in [1.54, 1.807) is 0 Å². The Morgan fingerprint density at radius 2 is 1.69 bits per heavy atom. The van der Waals surface area contributed by atoms with Gasteiger partial charge in [0, 0.05) is 22.6 Å². The Morgan fingerprint density at radius 3 is 2.15 bits per heavy atom. The molecule has 0 aromatic heterocycles. The number of hydrogen-bond acceptors (Lipinski definition) is 4. The predicted octanol–water partition coefficient (Wildman–Crippen LogP) is 1.14. The molecule has 1 aliphatic carbocycles. The van der Waals surface area contributed by atoms with Gasteiger partial charge in [-0.15, -0.1) is 0 Å². The first kappa shape index (κ1) is 11.7. The molecule has 0 bridgehead atoms. The summed E-state index contributed by atoms with van der Waals surface area (Å²) < 4.78 is 0. The molecule has 4 heteroatoms. The van der Waals surface area contributed by atoms with E-state index in [2.05, 4.69) is 19.4 Å². The van der Waals surface area contributed by atoms with Gasteiger partial charge in [0.1, 0.15) is 0 Å². The lowest BCUT2D eigenvalue weighted by Gasteiger charge is -2.42. The van der Waals surface area contributed by atoms with Crippen molar-refractivity contribution >= 4 is 23.5 Å². The maximum absolute atomic E-state index is 6.18. The van der Waals surface area contributed by atoms with E-state index in [4.69, 9.17) is 11.5 Å². The number of nitrogens with two attached hydrogens (primary N) is 2. The van der Waals surface area contributed by atoms with E-state index < -0.39 is 0 Å². The highest BCUT2D eigenvalue weighted by Gasteiger charge is 2.38. The van der Waals surface area contributed by atoms with E-state index in [-0.39, 0.29) is 12.1 Å². The molecule has 2 nitrogen and oxygen atoms in total. The van der Waals surface area contributed by atoms with Crippen LogP contribution in [-0.2, 0) is 0 Å². The van der Waals surface area contributed by atoms with Gasteiger partial charge < -0.3 is 11.5 Å². The Kier molecular flexibility index (Phi) is 4.42. The second kappa shape index (κ2) is 4.91. The smallest absolute Gasteiger partial charge is 0.0360 e. The topological polar surface area (TPSA) is 52.0 Å². The Labute approximate surface area is 89.6 Å². The Morgan fingerprint density at radius 1 is 1.08 bits per heavy atom. The lowest BCUT2D eigenvalue weighted by molar-refractivity contribution is 0.319. The van der Waals surface area contributed by atoms with E-state index in [1.165, 1.54) is 6.42 Å². The van der Waals surface area contributed by atoms with Crippen molar-refractivity contribution in [2.24, 2.45) is 17.4 Å². The first-order valence-electron chi connectivity index (χ1n) is 4.68. The summed E-state index contributed by atoms with van der Waals surface area (Å²) in [7, 11) is 0. The molecule has 0 heterocycles. The van der Waals surface area contributed by atoms with Gasteiger partial charge in [0.25, 0.3) is 0 Å².